The third-order valence-electron chi connectivity index (χ3n) is 3.28. The van der Waals surface area contributed by atoms with Gasteiger partial charge < -0.3 is 10.5 Å². The minimum absolute atomic E-state index is 0.0523. The number of ether oxygens (including phenoxy) is 1. The van der Waals surface area contributed by atoms with Crippen LogP contribution in [0.5, 0.6) is 0 Å². The van der Waals surface area contributed by atoms with Crippen LogP contribution >= 0.6 is 0 Å². The van der Waals surface area contributed by atoms with Gasteiger partial charge in [-0.15, -0.1) is 0 Å². The van der Waals surface area contributed by atoms with Crippen molar-refractivity contribution in [1.82, 2.24) is 4.90 Å². The molecule has 18 heavy (non-hydrogen) atoms. The lowest BCUT2D eigenvalue weighted by Gasteiger charge is -2.34. The molecule has 1 aromatic carbocycles. The topological polar surface area (TPSA) is 38.5 Å². The summed E-state index contributed by atoms with van der Waals surface area (Å²) in [4.78, 5) is 2.24. The van der Waals surface area contributed by atoms with Gasteiger partial charge in [0.15, 0.2) is 0 Å². The summed E-state index contributed by atoms with van der Waals surface area (Å²) < 4.78 is 30.3. The Kier molecular flexibility index (Phi) is 4.63. The number of alkyl halides is 2. The molecule has 1 aromatic rings. The standard InChI is InChI=1S/C13H18F2N2O/c14-13(15)11-3-1-10(2-4-11)12(9-16)17-5-7-18-8-6-17/h1-4,12-13H,5-9,16H2. The smallest absolute Gasteiger partial charge is 0.263 e. The lowest BCUT2D eigenvalue weighted by Crippen LogP contribution is -2.41. The zero-order valence-corrected chi connectivity index (χ0v) is 10.2. The van der Waals surface area contributed by atoms with Gasteiger partial charge in [0, 0.05) is 31.2 Å². The lowest BCUT2D eigenvalue weighted by atomic mass is 10.0. The fourth-order valence-corrected chi connectivity index (χ4v) is 2.25. The molecule has 1 aliphatic heterocycles. The van der Waals surface area contributed by atoms with Crippen LogP contribution in [0.1, 0.15) is 23.6 Å². The Morgan fingerprint density at radius 2 is 1.67 bits per heavy atom. The molecular weight excluding hydrogens is 238 g/mol. The van der Waals surface area contributed by atoms with Crippen molar-refractivity contribution in [1.29, 1.82) is 0 Å². The Balaban J connectivity index is 2.11. The number of nitrogens with two attached hydrogens (primary N) is 1. The molecule has 0 saturated carbocycles. The summed E-state index contributed by atoms with van der Waals surface area (Å²) in [5.74, 6) is 0. The molecule has 1 unspecified atom stereocenters. The van der Waals surface area contributed by atoms with Crippen LogP contribution < -0.4 is 5.73 Å². The van der Waals surface area contributed by atoms with Gasteiger partial charge in [0.2, 0.25) is 0 Å². The highest BCUT2D eigenvalue weighted by Crippen LogP contribution is 2.24. The third-order valence-corrected chi connectivity index (χ3v) is 3.28. The number of hydrogen-bond acceptors (Lipinski definition) is 3. The molecule has 0 aromatic heterocycles. The van der Waals surface area contributed by atoms with Crippen molar-refractivity contribution in [3.8, 4) is 0 Å². The van der Waals surface area contributed by atoms with Gasteiger partial charge in [-0.3, -0.25) is 4.90 Å². The largest absolute Gasteiger partial charge is 0.379 e. The average Bonchev–Trinajstić information content (AvgIpc) is 2.41. The summed E-state index contributed by atoms with van der Waals surface area (Å²) >= 11 is 0. The van der Waals surface area contributed by atoms with Gasteiger partial charge in [0.05, 0.1) is 13.2 Å². The molecule has 1 aliphatic rings. The number of nitrogens with zero attached hydrogens (tertiary/aromatic N) is 1. The van der Waals surface area contributed by atoms with Gasteiger partial charge in [0.25, 0.3) is 6.43 Å². The summed E-state index contributed by atoms with van der Waals surface area (Å²) in [6.45, 7) is 3.54. The van der Waals surface area contributed by atoms with Gasteiger partial charge in [-0.1, -0.05) is 24.3 Å². The van der Waals surface area contributed by atoms with Crippen LogP contribution in [-0.4, -0.2) is 37.7 Å². The number of halogens is 2. The van der Waals surface area contributed by atoms with Crippen molar-refractivity contribution in [2.75, 3.05) is 32.8 Å². The monoisotopic (exact) mass is 256 g/mol. The zero-order valence-electron chi connectivity index (χ0n) is 10.2. The van der Waals surface area contributed by atoms with Crippen LogP contribution in [0.4, 0.5) is 8.78 Å². The van der Waals surface area contributed by atoms with E-state index in [1.165, 1.54) is 12.1 Å². The van der Waals surface area contributed by atoms with E-state index in [0.29, 0.717) is 19.8 Å². The molecule has 1 heterocycles. The minimum atomic E-state index is -2.42. The highest BCUT2D eigenvalue weighted by molar-refractivity contribution is 5.26. The molecule has 0 aliphatic carbocycles. The molecule has 2 N–H and O–H groups in total. The summed E-state index contributed by atoms with van der Waals surface area (Å²) in [5, 5.41) is 0. The van der Waals surface area contributed by atoms with Gasteiger partial charge >= 0.3 is 0 Å². The Bertz CT molecular complexity index is 364. The van der Waals surface area contributed by atoms with Gasteiger partial charge in [-0.2, -0.15) is 0 Å². The second-order valence-corrected chi connectivity index (χ2v) is 4.37. The molecule has 3 nitrogen and oxygen atoms in total. The van der Waals surface area contributed by atoms with E-state index in [9.17, 15) is 8.78 Å². The molecule has 2 rings (SSSR count). The zero-order chi connectivity index (χ0) is 13.0. The van der Waals surface area contributed by atoms with Crippen LogP contribution in [0.25, 0.3) is 0 Å². The first-order valence-electron chi connectivity index (χ1n) is 6.12. The van der Waals surface area contributed by atoms with E-state index in [4.69, 9.17) is 10.5 Å². The van der Waals surface area contributed by atoms with E-state index in [0.717, 1.165) is 18.7 Å². The van der Waals surface area contributed by atoms with E-state index in [2.05, 4.69) is 4.90 Å². The molecule has 0 bridgehead atoms. The maximum Gasteiger partial charge on any atom is 0.263 e. The molecule has 0 radical (unpaired) electrons. The van der Waals surface area contributed by atoms with E-state index in [-0.39, 0.29) is 11.6 Å². The maximum absolute atomic E-state index is 12.5. The quantitative estimate of drug-likeness (QED) is 0.895. The van der Waals surface area contributed by atoms with Crippen molar-refractivity contribution >= 4 is 0 Å². The van der Waals surface area contributed by atoms with Crippen LogP contribution in [0.15, 0.2) is 24.3 Å². The predicted molar refractivity (Wildman–Crippen MR) is 65.6 cm³/mol. The molecule has 5 heteroatoms. The Hall–Kier alpha value is -1.04. The van der Waals surface area contributed by atoms with E-state index >= 15 is 0 Å². The van der Waals surface area contributed by atoms with E-state index in [1.54, 1.807) is 12.1 Å². The Morgan fingerprint density at radius 3 is 2.17 bits per heavy atom. The number of benzene rings is 1. The van der Waals surface area contributed by atoms with Crippen LogP contribution in [-0.2, 0) is 4.74 Å². The highest BCUT2D eigenvalue weighted by atomic mass is 19.3. The van der Waals surface area contributed by atoms with Crippen molar-refractivity contribution in [3.05, 3.63) is 35.4 Å². The van der Waals surface area contributed by atoms with Crippen LogP contribution in [0.2, 0.25) is 0 Å². The normalized spacial score (nSPS) is 19.1. The molecular formula is C13H18F2N2O. The number of morpholine rings is 1. The number of hydrogen-bond donors (Lipinski definition) is 1. The molecule has 1 saturated heterocycles. The first kappa shape index (κ1) is 13.4. The Morgan fingerprint density at radius 1 is 1.11 bits per heavy atom. The molecule has 1 fully saturated rings. The van der Waals surface area contributed by atoms with Crippen molar-refractivity contribution < 1.29 is 13.5 Å². The van der Waals surface area contributed by atoms with Crippen molar-refractivity contribution in [3.63, 3.8) is 0 Å². The van der Waals surface area contributed by atoms with Crippen molar-refractivity contribution in [2.24, 2.45) is 5.73 Å². The fraction of sp³-hybridized carbons (Fsp3) is 0.538. The van der Waals surface area contributed by atoms with E-state index in [1.807, 2.05) is 0 Å². The Labute approximate surface area is 106 Å². The molecule has 100 valence electrons. The minimum Gasteiger partial charge on any atom is -0.379 e. The summed E-state index contributed by atoms with van der Waals surface area (Å²) in [7, 11) is 0. The second-order valence-electron chi connectivity index (χ2n) is 4.37. The SMILES string of the molecule is NCC(c1ccc(C(F)F)cc1)N1CCOCC1. The second kappa shape index (κ2) is 6.22. The first-order chi connectivity index (χ1) is 8.72. The van der Waals surface area contributed by atoms with Gasteiger partial charge in [-0.25, -0.2) is 8.78 Å². The predicted octanol–water partition coefficient (Wildman–Crippen LogP) is 1.96. The fourth-order valence-electron chi connectivity index (χ4n) is 2.25. The number of rotatable bonds is 4. The first-order valence-corrected chi connectivity index (χ1v) is 6.12. The summed E-state index contributed by atoms with van der Waals surface area (Å²) in [6, 6.07) is 6.52. The lowest BCUT2D eigenvalue weighted by molar-refractivity contribution is 0.0179. The third kappa shape index (κ3) is 3.04. The molecule has 0 spiro atoms. The molecule has 1 atom stereocenters. The van der Waals surface area contributed by atoms with E-state index < -0.39 is 6.43 Å². The van der Waals surface area contributed by atoms with Gasteiger partial charge in [-0.05, 0) is 5.56 Å². The highest BCUT2D eigenvalue weighted by Gasteiger charge is 2.21. The summed E-state index contributed by atoms with van der Waals surface area (Å²) in [6.07, 6.45) is -2.42. The molecule has 0 amide bonds. The van der Waals surface area contributed by atoms with Crippen LogP contribution in [0.3, 0.4) is 0 Å². The maximum atomic E-state index is 12.5. The summed E-state index contributed by atoms with van der Waals surface area (Å²) in [5.41, 5.74) is 6.84. The van der Waals surface area contributed by atoms with Gasteiger partial charge in [0.1, 0.15) is 0 Å². The average molecular weight is 256 g/mol. The van der Waals surface area contributed by atoms with Crippen molar-refractivity contribution in [2.45, 2.75) is 12.5 Å². The van der Waals surface area contributed by atoms with Crippen LogP contribution in [0, 0.1) is 0 Å².